The van der Waals surface area contributed by atoms with Gasteiger partial charge < -0.3 is 9.73 Å². The summed E-state index contributed by atoms with van der Waals surface area (Å²) in [7, 11) is 0. The van der Waals surface area contributed by atoms with Gasteiger partial charge in [0, 0.05) is 12.6 Å². The molecular weight excluding hydrogens is 352 g/mol. The van der Waals surface area contributed by atoms with Gasteiger partial charge in [-0.25, -0.2) is 0 Å². The minimum Gasteiger partial charge on any atom is -0.467 e. The van der Waals surface area contributed by atoms with Crippen molar-refractivity contribution in [2.75, 3.05) is 11.1 Å². The summed E-state index contributed by atoms with van der Waals surface area (Å²) in [5.41, 5.74) is 1.67. The molecule has 3 rings (SSSR count). The van der Waals surface area contributed by atoms with E-state index in [9.17, 15) is 14.4 Å². The highest BCUT2D eigenvalue weighted by atomic mass is 32.2. The van der Waals surface area contributed by atoms with E-state index < -0.39 is 0 Å². The van der Waals surface area contributed by atoms with E-state index in [1.165, 1.54) is 29.8 Å². The normalized spacial score (nSPS) is 14.3. The Labute approximate surface area is 155 Å². The van der Waals surface area contributed by atoms with Gasteiger partial charge in [-0.15, -0.1) is 11.8 Å². The van der Waals surface area contributed by atoms with E-state index in [0.717, 1.165) is 0 Å². The number of imide groups is 1. The summed E-state index contributed by atoms with van der Waals surface area (Å²) in [6.07, 6.45) is 1.51. The molecule has 0 aliphatic carbocycles. The second kappa shape index (κ2) is 7.61. The third-order valence-corrected chi connectivity index (χ3v) is 4.76. The summed E-state index contributed by atoms with van der Waals surface area (Å²) in [6.45, 7) is 3.46. The Morgan fingerprint density at radius 3 is 2.46 bits per heavy atom. The number of furan rings is 1. The van der Waals surface area contributed by atoms with Crippen LogP contribution >= 0.6 is 11.8 Å². The Hall–Kier alpha value is -2.80. The lowest BCUT2D eigenvalue weighted by Gasteiger charge is -2.13. The maximum Gasteiger partial charge on any atom is 0.268 e. The maximum absolute atomic E-state index is 12.9. The van der Waals surface area contributed by atoms with Crippen LogP contribution in [-0.2, 0) is 20.9 Å². The molecular formula is C19H18N2O4S. The van der Waals surface area contributed by atoms with Crippen LogP contribution in [0.15, 0.2) is 52.0 Å². The molecule has 0 saturated heterocycles. The molecule has 1 aliphatic rings. The van der Waals surface area contributed by atoms with Gasteiger partial charge in [-0.05, 0) is 35.6 Å². The predicted octanol–water partition coefficient (Wildman–Crippen LogP) is 3.27. The Morgan fingerprint density at radius 1 is 1.15 bits per heavy atom. The monoisotopic (exact) mass is 370 g/mol. The van der Waals surface area contributed by atoms with Gasteiger partial charge >= 0.3 is 0 Å². The van der Waals surface area contributed by atoms with Gasteiger partial charge in [0.05, 0.1) is 23.3 Å². The second-order valence-corrected chi connectivity index (χ2v) is 6.95. The lowest BCUT2D eigenvalue weighted by molar-refractivity contribution is -0.137. The van der Waals surface area contributed by atoms with Gasteiger partial charge in [0.25, 0.3) is 11.8 Å². The first kappa shape index (κ1) is 18.0. The zero-order valence-corrected chi connectivity index (χ0v) is 15.3. The number of benzene rings is 1. The van der Waals surface area contributed by atoms with Crippen molar-refractivity contribution in [1.82, 2.24) is 4.90 Å². The van der Waals surface area contributed by atoms with Gasteiger partial charge in [-0.3, -0.25) is 19.3 Å². The molecule has 0 unspecified atom stereocenters. The summed E-state index contributed by atoms with van der Waals surface area (Å²) in [6, 6.07) is 10.3. The maximum atomic E-state index is 12.9. The van der Waals surface area contributed by atoms with Crippen molar-refractivity contribution >= 4 is 40.7 Å². The van der Waals surface area contributed by atoms with E-state index in [0.29, 0.717) is 33.2 Å². The lowest BCUT2D eigenvalue weighted by Crippen LogP contribution is -2.30. The molecule has 0 fully saturated rings. The quantitative estimate of drug-likeness (QED) is 0.790. The number of hydrogen-bond donors (Lipinski definition) is 1. The molecule has 0 spiro atoms. The van der Waals surface area contributed by atoms with E-state index in [4.69, 9.17) is 4.42 Å². The third kappa shape index (κ3) is 3.57. The molecule has 1 aliphatic heterocycles. The lowest BCUT2D eigenvalue weighted by atomic mass is 10.1. The number of nitrogens with one attached hydrogen (secondary N) is 1. The van der Waals surface area contributed by atoms with E-state index in [-0.39, 0.29) is 24.3 Å². The number of amides is 3. The Balaban J connectivity index is 1.92. The molecule has 0 radical (unpaired) electrons. The number of hydrogen-bond acceptors (Lipinski definition) is 5. The van der Waals surface area contributed by atoms with Crippen molar-refractivity contribution in [3.8, 4) is 0 Å². The number of carbonyl (C=O) groups is 3. The zero-order chi connectivity index (χ0) is 18.7. The van der Waals surface area contributed by atoms with Gasteiger partial charge in [0.1, 0.15) is 5.76 Å². The van der Waals surface area contributed by atoms with Crippen LogP contribution in [-0.4, -0.2) is 28.4 Å². The molecule has 7 heteroatoms. The van der Waals surface area contributed by atoms with Crippen LogP contribution in [0.4, 0.5) is 5.69 Å². The molecule has 2 aromatic rings. The fraction of sp³-hybridized carbons (Fsp3) is 0.211. The summed E-state index contributed by atoms with van der Waals surface area (Å²) >= 11 is 1.35. The molecule has 6 nitrogen and oxygen atoms in total. The average Bonchev–Trinajstić information content (AvgIpc) is 3.19. The topological polar surface area (TPSA) is 79.6 Å². The molecule has 2 heterocycles. The van der Waals surface area contributed by atoms with Crippen LogP contribution in [0, 0.1) is 0 Å². The predicted molar refractivity (Wildman–Crippen MR) is 100 cm³/mol. The Morgan fingerprint density at radius 2 is 1.88 bits per heavy atom. The molecule has 1 aromatic carbocycles. The van der Waals surface area contributed by atoms with Crippen molar-refractivity contribution in [3.05, 3.63) is 58.9 Å². The first-order chi connectivity index (χ1) is 12.5. The molecule has 0 saturated carbocycles. The van der Waals surface area contributed by atoms with Gasteiger partial charge in [-0.2, -0.15) is 0 Å². The van der Waals surface area contributed by atoms with Crippen LogP contribution in [0.2, 0.25) is 0 Å². The van der Waals surface area contributed by atoms with Crippen LogP contribution in [0.25, 0.3) is 5.57 Å². The fourth-order valence-corrected chi connectivity index (χ4v) is 3.58. The number of rotatable bonds is 6. The summed E-state index contributed by atoms with van der Waals surface area (Å²) in [5, 5.41) is 2.68. The smallest absolute Gasteiger partial charge is 0.268 e. The van der Waals surface area contributed by atoms with E-state index >= 15 is 0 Å². The van der Waals surface area contributed by atoms with E-state index in [1.807, 2.05) is 6.92 Å². The fourth-order valence-electron chi connectivity index (χ4n) is 2.71. The second-order valence-electron chi connectivity index (χ2n) is 5.67. The molecule has 0 atom stereocenters. The van der Waals surface area contributed by atoms with Crippen molar-refractivity contribution < 1.29 is 18.8 Å². The van der Waals surface area contributed by atoms with Gasteiger partial charge in [-0.1, -0.05) is 19.1 Å². The number of anilines is 1. The Bertz CT molecular complexity index is 869. The van der Waals surface area contributed by atoms with E-state index in [2.05, 4.69) is 5.32 Å². The largest absolute Gasteiger partial charge is 0.467 e. The highest BCUT2D eigenvalue weighted by Crippen LogP contribution is 2.37. The highest BCUT2D eigenvalue weighted by molar-refractivity contribution is 8.04. The minimum atomic E-state index is -0.338. The first-order valence-electron chi connectivity index (χ1n) is 8.15. The molecule has 1 N–H and O–H groups in total. The highest BCUT2D eigenvalue weighted by Gasteiger charge is 2.39. The molecule has 1 aromatic heterocycles. The molecule has 26 heavy (non-hydrogen) atoms. The van der Waals surface area contributed by atoms with Crippen molar-refractivity contribution in [1.29, 1.82) is 0 Å². The third-order valence-electron chi connectivity index (χ3n) is 3.80. The standard InChI is InChI=1S/C19H18N2O4S/c1-3-26-17-16(13-6-8-14(9-7-13)20-12(2)22)18(23)21(19(17)24)11-15-5-4-10-25-15/h4-10H,3,11H2,1-2H3,(H,20,22). The number of carbonyl (C=O) groups excluding carboxylic acids is 3. The zero-order valence-electron chi connectivity index (χ0n) is 14.4. The summed E-state index contributed by atoms with van der Waals surface area (Å²) in [4.78, 5) is 38.5. The van der Waals surface area contributed by atoms with Crippen LogP contribution in [0.5, 0.6) is 0 Å². The number of thioether (sulfide) groups is 1. The van der Waals surface area contributed by atoms with Crippen molar-refractivity contribution in [2.45, 2.75) is 20.4 Å². The first-order valence-corrected chi connectivity index (χ1v) is 9.13. The SMILES string of the molecule is CCSC1=C(c2ccc(NC(C)=O)cc2)C(=O)N(Cc2ccco2)C1=O. The summed E-state index contributed by atoms with van der Waals surface area (Å²) < 4.78 is 5.27. The molecule has 3 amide bonds. The minimum absolute atomic E-state index is 0.103. The van der Waals surface area contributed by atoms with E-state index in [1.54, 1.807) is 36.4 Å². The van der Waals surface area contributed by atoms with Gasteiger partial charge in [0.15, 0.2) is 0 Å². The van der Waals surface area contributed by atoms with Crippen molar-refractivity contribution in [3.63, 3.8) is 0 Å². The Kier molecular flexibility index (Phi) is 5.27. The van der Waals surface area contributed by atoms with Gasteiger partial charge in [0.2, 0.25) is 5.91 Å². The molecule has 134 valence electrons. The van der Waals surface area contributed by atoms with Crippen LogP contribution in [0.1, 0.15) is 25.2 Å². The average molecular weight is 370 g/mol. The van der Waals surface area contributed by atoms with Crippen molar-refractivity contribution in [2.24, 2.45) is 0 Å². The number of nitrogens with zero attached hydrogens (tertiary/aromatic N) is 1. The molecule has 0 bridgehead atoms. The van der Waals surface area contributed by atoms with Crippen LogP contribution in [0.3, 0.4) is 0 Å². The summed E-state index contributed by atoms with van der Waals surface area (Å²) in [5.74, 6) is 0.413. The van der Waals surface area contributed by atoms with Crippen LogP contribution < -0.4 is 5.32 Å².